The van der Waals surface area contributed by atoms with Crippen molar-refractivity contribution in [2.45, 2.75) is 5.56 Å². The van der Waals surface area contributed by atoms with Gasteiger partial charge >= 0.3 is 0 Å². The number of aromatic nitrogens is 3. The van der Waals surface area contributed by atoms with Crippen molar-refractivity contribution in [1.29, 1.82) is 0 Å². The Balaban J connectivity index is 2.14. The molecule has 6 nitrogen and oxygen atoms in total. The highest BCUT2D eigenvalue weighted by Gasteiger charge is 2.20. The lowest BCUT2D eigenvalue weighted by Gasteiger charge is -2.29. The number of anilines is 2. The SMILES string of the molecule is Nc1ncnc(N2CCOC(Cl)C2)n1. The molecule has 2 rings (SSSR count). The summed E-state index contributed by atoms with van der Waals surface area (Å²) in [6, 6.07) is 0. The lowest BCUT2D eigenvalue weighted by atomic mass is 10.4. The minimum Gasteiger partial charge on any atom is -0.368 e. The van der Waals surface area contributed by atoms with Gasteiger partial charge in [-0.15, -0.1) is 0 Å². The molecule has 0 saturated carbocycles. The molecule has 1 saturated heterocycles. The molecule has 0 aliphatic carbocycles. The summed E-state index contributed by atoms with van der Waals surface area (Å²) in [7, 11) is 0. The molecule has 2 N–H and O–H groups in total. The highest BCUT2D eigenvalue weighted by Crippen LogP contribution is 2.14. The number of ether oxygens (including phenoxy) is 1. The number of morpholine rings is 1. The number of nitrogens with two attached hydrogens (primary N) is 1. The van der Waals surface area contributed by atoms with Gasteiger partial charge in [-0.3, -0.25) is 0 Å². The molecule has 1 aromatic rings. The third kappa shape index (κ3) is 2.02. The Morgan fingerprint density at radius 3 is 3.14 bits per heavy atom. The fourth-order valence-corrected chi connectivity index (χ4v) is 1.50. The van der Waals surface area contributed by atoms with E-state index < -0.39 is 0 Å². The number of nitrogens with zero attached hydrogens (tertiary/aromatic N) is 4. The second-order valence-electron chi connectivity index (χ2n) is 2.87. The Hall–Kier alpha value is -1.14. The monoisotopic (exact) mass is 215 g/mol. The van der Waals surface area contributed by atoms with Gasteiger partial charge in [-0.25, -0.2) is 9.97 Å². The van der Waals surface area contributed by atoms with E-state index in [0.717, 1.165) is 0 Å². The normalized spacial score (nSPS) is 22.4. The fourth-order valence-electron chi connectivity index (χ4n) is 1.24. The van der Waals surface area contributed by atoms with Crippen molar-refractivity contribution in [3.63, 3.8) is 0 Å². The summed E-state index contributed by atoms with van der Waals surface area (Å²) in [4.78, 5) is 13.6. The van der Waals surface area contributed by atoms with Gasteiger partial charge in [0.05, 0.1) is 13.2 Å². The van der Waals surface area contributed by atoms with Gasteiger partial charge in [-0.2, -0.15) is 4.98 Å². The molecule has 0 bridgehead atoms. The van der Waals surface area contributed by atoms with Crippen LogP contribution in [0.2, 0.25) is 0 Å². The molecule has 1 unspecified atom stereocenters. The van der Waals surface area contributed by atoms with Crippen LogP contribution in [0.3, 0.4) is 0 Å². The summed E-state index contributed by atoms with van der Waals surface area (Å²) < 4.78 is 5.18. The van der Waals surface area contributed by atoms with Crippen LogP contribution in [-0.2, 0) is 4.74 Å². The molecule has 7 heteroatoms. The van der Waals surface area contributed by atoms with Crippen LogP contribution in [0.25, 0.3) is 0 Å². The van der Waals surface area contributed by atoms with Gasteiger partial charge in [-0.05, 0) is 0 Å². The van der Waals surface area contributed by atoms with Crippen molar-refractivity contribution in [2.24, 2.45) is 0 Å². The first-order chi connectivity index (χ1) is 6.75. The molecule has 0 aromatic carbocycles. The molecular weight excluding hydrogens is 206 g/mol. The maximum atomic E-state index is 5.83. The van der Waals surface area contributed by atoms with Crippen molar-refractivity contribution in [1.82, 2.24) is 15.0 Å². The van der Waals surface area contributed by atoms with Crippen LogP contribution >= 0.6 is 11.6 Å². The third-order valence-corrected chi connectivity index (χ3v) is 2.15. The van der Waals surface area contributed by atoms with Crippen LogP contribution in [0.5, 0.6) is 0 Å². The van der Waals surface area contributed by atoms with Crippen LogP contribution in [0.4, 0.5) is 11.9 Å². The first-order valence-corrected chi connectivity index (χ1v) is 4.64. The van der Waals surface area contributed by atoms with Crippen LogP contribution < -0.4 is 10.6 Å². The molecule has 14 heavy (non-hydrogen) atoms. The summed E-state index contributed by atoms with van der Waals surface area (Å²) in [5.41, 5.74) is 5.13. The Morgan fingerprint density at radius 2 is 2.43 bits per heavy atom. The number of nitrogen functional groups attached to an aromatic ring is 1. The fraction of sp³-hybridized carbons (Fsp3) is 0.571. The highest BCUT2D eigenvalue weighted by molar-refractivity contribution is 6.20. The predicted octanol–water partition coefficient (Wildman–Crippen LogP) is -0.145. The molecule has 1 aliphatic heterocycles. The number of alkyl halides is 1. The van der Waals surface area contributed by atoms with Gasteiger partial charge in [0.15, 0.2) is 0 Å². The first-order valence-electron chi connectivity index (χ1n) is 4.21. The number of halogens is 1. The molecular formula is C7H10ClN5O. The Morgan fingerprint density at radius 1 is 1.57 bits per heavy atom. The second-order valence-corrected chi connectivity index (χ2v) is 3.36. The average molecular weight is 216 g/mol. The van der Waals surface area contributed by atoms with Gasteiger partial charge in [-0.1, -0.05) is 11.6 Å². The molecule has 1 atom stereocenters. The summed E-state index contributed by atoms with van der Waals surface area (Å²) in [6.45, 7) is 1.84. The lowest BCUT2D eigenvalue weighted by Crippen LogP contribution is -2.41. The van der Waals surface area contributed by atoms with Gasteiger partial charge < -0.3 is 15.4 Å². The number of hydrogen-bond donors (Lipinski definition) is 1. The summed E-state index contributed by atoms with van der Waals surface area (Å²) in [6.07, 6.45) is 1.39. The Kier molecular flexibility index (Phi) is 2.64. The van der Waals surface area contributed by atoms with Crippen LogP contribution in [0, 0.1) is 0 Å². The van der Waals surface area contributed by atoms with Crippen LogP contribution in [0.1, 0.15) is 0 Å². The zero-order valence-electron chi connectivity index (χ0n) is 7.43. The van der Waals surface area contributed by atoms with Crippen molar-refractivity contribution < 1.29 is 4.74 Å². The van der Waals surface area contributed by atoms with Crippen LogP contribution in [-0.4, -0.2) is 40.2 Å². The molecule has 1 fully saturated rings. The lowest BCUT2D eigenvalue weighted by molar-refractivity contribution is 0.0927. The zero-order chi connectivity index (χ0) is 9.97. The van der Waals surface area contributed by atoms with E-state index in [0.29, 0.717) is 25.6 Å². The Labute approximate surface area is 86.1 Å². The van der Waals surface area contributed by atoms with Gasteiger partial charge in [0.1, 0.15) is 11.9 Å². The predicted molar refractivity (Wildman–Crippen MR) is 52.0 cm³/mol. The quantitative estimate of drug-likeness (QED) is 0.657. The second kappa shape index (κ2) is 3.93. The maximum Gasteiger partial charge on any atom is 0.230 e. The number of rotatable bonds is 1. The summed E-state index contributed by atoms with van der Waals surface area (Å²) >= 11 is 5.83. The largest absolute Gasteiger partial charge is 0.368 e. The van der Waals surface area contributed by atoms with E-state index in [-0.39, 0.29) is 11.5 Å². The molecule has 0 spiro atoms. The van der Waals surface area contributed by atoms with Crippen LogP contribution in [0.15, 0.2) is 6.33 Å². The van der Waals surface area contributed by atoms with E-state index >= 15 is 0 Å². The highest BCUT2D eigenvalue weighted by atomic mass is 35.5. The number of hydrogen-bond acceptors (Lipinski definition) is 6. The minimum atomic E-state index is -0.318. The van der Waals surface area contributed by atoms with E-state index in [2.05, 4.69) is 15.0 Å². The van der Waals surface area contributed by atoms with Gasteiger partial charge in [0, 0.05) is 6.54 Å². The van der Waals surface area contributed by atoms with Crippen molar-refractivity contribution in [3.05, 3.63) is 6.33 Å². The molecule has 1 aromatic heterocycles. The molecule has 0 amide bonds. The molecule has 1 aliphatic rings. The average Bonchev–Trinajstić information content (AvgIpc) is 2.18. The first kappa shape index (κ1) is 9.42. The van der Waals surface area contributed by atoms with Crippen molar-refractivity contribution in [3.8, 4) is 0 Å². The van der Waals surface area contributed by atoms with E-state index in [9.17, 15) is 0 Å². The van der Waals surface area contributed by atoms with E-state index in [1.807, 2.05) is 4.90 Å². The van der Waals surface area contributed by atoms with Gasteiger partial charge in [0.2, 0.25) is 11.9 Å². The molecule has 0 radical (unpaired) electrons. The summed E-state index contributed by atoms with van der Waals surface area (Å²) in [5, 5.41) is 0. The Bertz CT molecular complexity index is 323. The standard InChI is InChI=1S/C7H10ClN5O/c8-5-3-13(1-2-14-5)7-11-4-10-6(9)12-7/h4-5H,1-3H2,(H2,9,10,11,12). The van der Waals surface area contributed by atoms with Crippen molar-refractivity contribution in [2.75, 3.05) is 30.3 Å². The van der Waals surface area contributed by atoms with E-state index in [1.54, 1.807) is 0 Å². The van der Waals surface area contributed by atoms with E-state index in [4.69, 9.17) is 22.1 Å². The minimum absolute atomic E-state index is 0.215. The maximum absolute atomic E-state index is 5.83. The molecule has 76 valence electrons. The smallest absolute Gasteiger partial charge is 0.230 e. The third-order valence-electron chi connectivity index (χ3n) is 1.88. The molecule has 2 heterocycles. The van der Waals surface area contributed by atoms with Gasteiger partial charge in [0.25, 0.3) is 0 Å². The summed E-state index contributed by atoms with van der Waals surface area (Å²) in [5.74, 6) is 0.763. The topological polar surface area (TPSA) is 77.2 Å². The zero-order valence-corrected chi connectivity index (χ0v) is 8.18. The van der Waals surface area contributed by atoms with E-state index in [1.165, 1.54) is 6.33 Å². The van der Waals surface area contributed by atoms with Crippen molar-refractivity contribution >= 4 is 23.5 Å².